The standard InChI is InChI=1S/C39H35ClN6O6S/c1-21-22(2)53-39-32(21)34(25-12-14-26(40)15-13-25)42-29(36-45-44-23(3)46(36)39)20-31(47)41-16-18-51-17-6-8-24-7-4-9-27(19-24)52-30-11-5-10-28-33(30)37(49)43-38(50)35(28)48/h4-5,7,9-15,19,29H,6,8,16-18,20H2,1-3H3,(H,41,47)(H,43,49,50)/t29-/m0/s1. The minimum atomic E-state index is -0.954. The van der Waals surface area contributed by atoms with Crippen LogP contribution >= 0.6 is 22.9 Å². The van der Waals surface area contributed by atoms with Crippen molar-refractivity contribution in [3.63, 3.8) is 0 Å². The van der Waals surface area contributed by atoms with Crippen LogP contribution < -0.4 is 15.4 Å². The van der Waals surface area contributed by atoms with E-state index in [0.29, 0.717) is 42.8 Å². The first-order valence-corrected chi connectivity index (χ1v) is 18.3. The quantitative estimate of drug-likeness (QED) is 0.0869. The molecule has 0 spiro atoms. The van der Waals surface area contributed by atoms with Gasteiger partial charge in [0.1, 0.15) is 28.4 Å². The highest BCUT2D eigenvalue weighted by atomic mass is 35.5. The largest absolute Gasteiger partial charge is 0.457 e. The summed E-state index contributed by atoms with van der Waals surface area (Å²) in [6.45, 7) is 7.24. The summed E-state index contributed by atoms with van der Waals surface area (Å²) in [6.07, 6.45) is 1.51. The number of carbonyl (C=O) groups excluding carboxylic acids is 4. The summed E-state index contributed by atoms with van der Waals surface area (Å²) in [5.41, 5.74) is 4.88. The molecule has 270 valence electrons. The van der Waals surface area contributed by atoms with Crippen LogP contribution in [0.4, 0.5) is 0 Å². The van der Waals surface area contributed by atoms with E-state index in [9.17, 15) is 19.2 Å². The zero-order chi connectivity index (χ0) is 37.2. The molecule has 7 rings (SSSR count). The van der Waals surface area contributed by atoms with Gasteiger partial charge in [0.2, 0.25) is 5.91 Å². The molecule has 2 aliphatic heterocycles. The number of halogens is 1. The minimum Gasteiger partial charge on any atom is -0.457 e. The van der Waals surface area contributed by atoms with Gasteiger partial charge in [0.05, 0.1) is 24.3 Å². The smallest absolute Gasteiger partial charge is 0.299 e. The van der Waals surface area contributed by atoms with Crippen molar-refractivity contribution in [3.05, 3.63) is 122 Å². The van der Waals surface area contributed by atoms with Gasteiger partial charge < -0.3 is 14.8 Å². The number of imide groups is 1. The fourth-order valence-corrected chi connectivity index (χ4v) is 7.74. The fraction of sp³-hybridized carbons (Fsp3) is 0.256. The predicted molar refractivity (Wildman–Crippen MR) is 200 cm³/mol. The Bertz CT molecular complexity index is 2300. The number of fused-ring (bicyclic) bond motifs is 4. The molecular weight excluding hydrogens is 716 g/mol. The molecule has 5 aromatic rings. The van der Waals surface area contributed by atoms with Crippen LogP contribution in [0, 0.1) is 20.8 Å². The molecule has 14 heteroatoms. The van der Waals surface area contributed by atoms with Crippen molar-refractivity contribution >= 4 is 52.2 Å². The minimum absolute atomic E-state index is 0.0174. The van der Waals surface area contributed by atoms with Crippen molar-refractivity contribution in [2.24, 2.45) is 4.99 Å². The van der Waals surface area contributed by atoms with Crippen LogP contribution in [0.25, 0.3) is 5.00 Å². The van der Waals surface area contributed by atoms with E-state index in [4.69, 9.17) is 26.1 Å². The molecule has 0 saturated carbocycles. The molecule has 3 amide bonds. The summed E-state index contributed by atoms with van der Waals surface area (Å²) in [5, 5.41) is 15.5. The number of nitrogens with zero attached hydrogens (tertiary/aromatic N) is 4. The monoisotopic (exact) mass is 750 g/mol. The molecule has 3 aromatic carbocycles. The number of amides is 3. The van der Waals surface area contributed by atoms with E-state index in [1.165, 1.54) is 10.9 Å². The maximum absolute atomic E-state index is 13.3. The van der Waals surface area contributed by atoms with Gasteiger partial charge in [-0.2, -0.15) is 0 Å². The summed E-state index contributed by atoms with van der Waals surface area (Å²) in [6, 6.07) is 19.0. The van der Waals surface area contributed by atoms with Gasteiger partial charge in [0, 0.05) is 39.7 Å². The lowest BCUT2D eigenvalue weighted by Crippen LogP contribution is -2.42. The Morgan fingerprint density at radius 2 is 1.75 bits per heavy atom. The number of ether oxygens (including phenoxy) is 2. The Kier molecular flexibility index (Phi) is 10.3. The van der Waals surface area contributed by atoms with Crippen LogP contribution in [0.3, 0.4) is 0 Å². The zero-order valence-electron chi connectivity index (χ0n) is 29.2. The lowest BCUT2D eigenvalue weighted by atomic mass is 9.98. The number of carbonyl (C=O) groups is 4. The second-order valence-corrected chi connectivity index (χ2v) is 14.4. The third kappa shape index (κ3) is 7.41. The molecule has 0 fully saturated rings. The van der Waals surface area contributed by atoms with Crippen molar-refractivity contribution in [2.45, 2.75) is 46.1 Å². The molecule has 1 atom stereocenters. The van der Waals surface area contributed by atoms with Crippen molar-refractivity contribution in [1.82, 2.24) is 25.4 Å². The Labute approximate surface area is 314 Å². The molecule has 0 unspecified atom stereocenters. The maximum atomic E-state index is 13.3. The summed E-state index contributed by atoms with van der Waals surface area (Å²) in [7, 11) is 0. The first kappa shape index (κ1) is 35.9. The fourth-order valence-electron chi connectivity index (χ4n) is 6.40. The van der Waals surface area contributed by atoms with Crippen molar-refractivity contribution in [1.29, 1.82) is 0 Å². The number of aliphatic imine (C=N–C) groups is 1. The number of thiophene rings is 1. The molecule has 2 N–H and O–H groups in total. The topological polar surface area (TPSA) is 154 Å². The predicted octanol–water partition coefficient (Wildman–Crippen LogP) is 6.20. The second-order valence-electron chi connectivity index (χ2n) is 12.7. The third-order valence-corrected chi connectivity index (χ3v) is 10.6. The molecule has 0 radical (unpaired) electrons. The Balaban J connectivity index is 0.925. The molecule has 0 aliphatic carbocycles. The van der Waals surface area contributed by atoms with Gasteiger partial charge >= 0.3 is 0 Å². The number of nitrogens with one attached hydrogen (secondary N) is 2. The number of aryl methyl sites for hydroxylation is 3. The number of Topliss-reactive ketones (excluding diaryl/α,β-unsaturated/α-hetero) is 1. The summed E-state index contributed by atoms with van der Waals surface area (Å²) in [5.74, 6) is -0.549. The average molecular weight is 751 g/mol. The SMILES string of the molecule is Cc1sc2c(c1C)C(c1ccc(Cl)cc1)=N[C@@H](CC(=O)NCCOCCCc1cccc(Oc3cccc4c3C(=O)NC(=O)C4=O)c1)c1nnc(C)n1-2. The molecule has 0 saturated heterocycles. The van der Waals surface area contributed by atoms with E-state index in [1.54, 1.807) is 29.5 Å². The first-order valence-electron chi connectivity index (χ1n) is 17.1. The molecule has 12 nitrogen and oxygen atoms in total. The number of benzene rings is 3. The Morgan fingerprint density at radius 3 is 2.57 bits per heavy atom. The summed E-state index contributed by atoms with van der Waals surface area (Å²) >= 11 is 7.88. The number of hydrogen-bond acceptors (Lipinski definition) is 10. The third-order valence-electron chi connectivity index (χ3n) is 9.12. The average Bonchev–Trinajstić information content (AvgIpc) is 3.62. The van der Waals surface area contributed by atoms with E-state index in [2.05, 4.69) is 34.7 Å². The van der Waals surface area contributed by atoms with Gasteiger partial charge in [0.25, 0.3) is 17.6 Å². The Hall–Kier alpha value is -5.50. The number of aromatic nitrogens is 3. The Morgan fingerprint density at radius 1 is 0.962 bits per heavy atom. The second kappa shape index (κ2) is 15.2. The highest BCUT2D eigenvalue weighted by molar-refractivity contribution is 7.15. The van der Waals surface area contributed by atoms with Gasteiger partial charge in [-0.05, 0) is 81.1 Å². The highest BCUT2D eigenvalue weighted by Crippen LogP contribution is 2.39. The lowest BCUT2D eigenvalue weighted by Gasteiger charge is -2.17. The molecule has 2 aliphatic rings. The van der Waals surface area contributed by atoms with Crippen LogP contribution in [0.1, 0.15) is 78.4 Å². The number of hydrogen-bond donors (Lipinski definition) is 2. The number of ketones is 1. The van der Waals surface area contributed by atoms with Crippen LogP contribution in [0.2, 0.25) is 5.02 Å². The van der Waals surface area contributed by atoms with E-state index >= 15 is 0 Å². The summed E-state index contributed by atoms with van der Waals surface area (Å²) < 4.78 is 13.8. The van der Waals surface area contributed by atoms with E-state index in [-0.39, 0.29) is 29.2 Å². The lowest BCUT2D eigenvalue weighted by molar-refractivity contribution is -0.121. The van der Waals surface area contributed by atoms with Gasteiger partial charge in [0.15, 0.2) is 5.82 Å². The van der Waals surface area contributed by atoms with Gasteiger partial charge in [-0.3, -0.25) is 34.1 Å². The van der Waals surface area contributed by atoms with E-state index in [1.807, 2.05) is 54.0 Å². The molecule has 53 heavy (non-hydrogen) atoms. The molecule has 2 aromatic heterocycles. The molecular formula is C39H35ClN6O6S. The van der Waals surface area contributed by atoms with Gasteiger partial charge in [-0.1, -0.05) is 41.9 Å². The highest BCUT2D eigenvalue weighted by Gasteiger charge is 2.34. The van der Waals surface area contributed by atoms with Crippen molar-refractivity contribution in [2.75, 3.05) is 19.8 Å². The van der Waals surface area contributed by atoms with Crippen molar-refractivity contribution in [3.8, 4) is 16.5 Å². The van der Waals surface area contributed by atoms with Gasteiger partial charge in [-0.15, -0.1) is 21.5 Å². The summed E-state index contributed by atoms with van der Waals surface area (Å²) in [4.78, 5) is 56.0. The first-order chi connectivity index (χ1) is 25.6. The van der Waals surface area contributed by atoms with Gasteiger partial charge in [-0.25, -0.2) is 0 Å². The van der Waals surface area contributed by atoms with Crippen molar-refractivity contribution < 1.29 is 28.7 Å². The van der Waals surface area contributed by atoms with Crippen LogP contribution in [0.5, 0.6) is 11.5 Å². The maximum Gasteiger partial charge on any atom is 0.299 e. The normalized spacial score (nSPS) is 14.8. The van der Waals surface area contributed by atoms with Crippen LogP contribution in [-0.2, 0) is 20.7 Å². The zero-order valence-corrected chi connectivity index (χ0v) is 30.8. The van der Waals surface area contributed by atoms with Crippen LogP contribution in [0.15, 0.2) is 71.7 Å². The molecule has 0 bridgehead atoms. The number of rotatable bonds is 12. The molecule has 4 heterocycles. The van der Waals surface area contributed by atoms with E-state index < -0.39 is 23.6 Å². The van der Waals surface area contributed by atoms with Crippen LogP contribution in [-0.4, -0.2) is 63.7 Å². The van der Waals surface area contributed by atoms with E-state index in [0.717, 1.165) is 45.2 Å².